The molecule has 2 unspecified atom stereocenters. The van der Waals surface area contributed by atoms with Gasteiger partial charge in [0.15, 0.2) is 6.10 Å². The van der Waals surface area contributed by atoms with Crippen LogP contribution in [-0.4, -0.2) is 16.0 Å². The van der Waals surface area contributed by atoms with Gasteiger partial charge in [-0.3, -0.25) is 9.09 Å². The van der Waals surface area contributed by atoms with E-state index in [4.69, 9.17) is 4.52 Å². The Hall–Kier alpha value is -2.46. The first-order valence-electron chi connectivity index (χ1n) is 7.26. The van der Waals surface area contributed by atoms with Gasteiger partial charge in [-0.2, -0.15) is 0 Å². The molecule has 0 amide bonds. The van der Waals surface area contributed by atoms with Crippen molar-refractivity contribution in [2.24, 2.45) is 0 Å². The van der Waals surface area contributed by atoms with Gasteiger partial charge in [-0.05, 0) is 28.5 Å². The normalized spacial score (nSPS) is 14.9. The van der Waals surface area contributed by atoms with Crippen LogP contribution in [0.1, 0.15) is 11.7 Å². The van der Waals surface area contributed by atoms with Gasteiger partial charge in [-0.1, -0.05) is 60.7 Å². The van der Waals surface area contributed by atoms with Crippen molar-refractivity contribution in [3.8, 4) is 0 Å². The van der Waals surface area contributed by atoms with Crippen LogP contribution in [0.5, 0.6) is 0 Å². The molecule has 0 aliphatic heterocycles. The zero-order chi connectivity index (χ0) is 17.2. The minimum absolute atomic E-state index is 0.0587. The molecule has 0 bridgehead atoms. The summed E-state index contributed by atoms with van der Waals surface area (Å²) in [6, 6.07) is 20.2. The summed E-state index contributed by atoms with van der Waals surface area (Å²) in [5.41, 5.74) is 0.306. The zero-order valence-corrected chi connectivity index (χ0v) is 13.5. The third-order valence-corrected chi connectivity index (χ3v) is 5.06. The van der Waals surface area contributed by atoms with Crippen molar-refractivity contribution in [1.29, 1.82) is 0 Å². The quantitative estimate of drug-likeness (QED) is 0.694. The molecule has 0 saturated heterocycles. The Morgan fingerprint density at radius 2 is 1.54 bits per heavy atom. The molecule has 6 heteroatoms. The molecule has 3 rings (SSSR count). The Morgan fingerprint density at radius 1 is 0.917 bits per heavy atom. The molecule has 0 heterocycles. The first-order chi connectivity index (χ1) is 11.5. The van der Waals surface area contributed by atoms with Crippen LogP contribution in [0.25, 0.3) is 10.8 Å². The van der Waals surface area contributed by atoms with E-state index in [9.17, 15) is 19.4 Å². The lowest BCUT2D eigenvalue weighted by atomic mass is 10.1. The molecule has 122 valence electrons. The Kier molecular flexibility index (Phi) is 4.49. The molecule has 0 saturated carbocycles. The van der Waals surface area contributed by atoms with Gasteiger partial charge >= 0.3 is 13.6 Å². The average Bonchev–Trinajstić information content (AvgIpc) is 2.60. The molecule has 3 aromatic carbocycles. The average molecular weight is 342 g/mol. The molecule has 0 aromatic heterocycles. The van der Waals surface area contributed by atoms with Crippen LogP contribution < -0.4 is 5.30 Å². The van der Waals surface area contributed by atoms with Crippen molar-refractivity contribution in [2.75, 3.05) is 0 Å². The van der Waals surface area contributed by atoms with E-state index in [2.05, 4.69) is 0 Å². The topological polar surface area (TPSA) is 83.8 Å². The van der Waals surface area contributed by atoms with Crippen molar-refractivity contribution < 1.29 is 23.9 Å². The Labute approximate surface area is 138 Å². The smallest absolute Gasteiger partial charge is 0.359 e. The molecule has 0 aliphatic rings. The highest BCUT2D eigenvalue weighted by Crippen LogP contribution is 2.46. The van der Waals surface area contributed by atoms with E-state index < -0.39 is 19.7 Å². The third-order valence-electron chi connectivity index (χ3n) is 3.63. The van der Waals surface area contributed by atoms with Crippen LogP contribution >= 0.6 is 7.60 Å². The van der Waals surface area contributed by atoms with E-state index in [0.29, 0.717) is 5.56 Å². The molecule has 2 N–H and O–H groups in total. The maximum absolute atomic E-state index is 12.6. The summed E-state index contributed by atoms with van der Waals surface area (Å²) in [6.45, 7) is 0. The van der Waals surface area contributed by atoms with Crippen LogP contribution in [0.15, 0.2) is 72.8 Å². The number of hydrogen-bond acceptors (Lipinski definition) is 3. The predicted molar refractivity (Wildman–Crippen MR) is 91.3 cm³/mol. The molecule has 2 atom stereocenters. The molecule has 5 nitrogen and oxygen atoms in total. The molecule has 0 aliphatic carbocycles. The number of carbonyl (C=O) groups is 1. The largest absolute Gasteiger partial charge is 0.479 e. The summed E-state index contributed by atoms with van der Waals surface area (Å²) in [5.74, 6) is -1.32. The number of fused-ring (bicyclic) bond motifs is 1. The van der Waals surface area contributed by atoms with E-state index in [1.165, 1.54) is 6.07 Å². The van der Waals surface area contributed by atoms with Crippen molar-refractivity contribution >= 4 is 29.6 Å². The molecular formula is C18H15O5P. The Balaban J connectivity index is 1.96. The number of carboxylic acids is 1. The highest BCUT2D eigenvalue weighted by molar-refractivity contribution is 7.61. The van der Waals surface area contributed by atoms with Crippen LogP contribution in [0.3, 0.4) is 0 Å². The van der Waals surface area contributed by atoms with Gasteiger partial charge in [-0.25, -0.2) is 4.79 Å². The van der Waals surface area contributed by atoms with Crippen LogP contribution in [-0.2, 0) is 13.9 Å². The van der Waals surface area contributed by atoms with Crippen molar-refractivity contribution in [3.63, 3.8) is 0 Å². The van der Waals surface area contributed by atoms with Gasteiger partial charge in [-0.15, -0.1) is 0 Å². The van der Waals surface area contributed by atoms with Crippen LogP contribution in [0.2, 0.25) is 0 Å². The Morgan fingerprint density at radius 3 is 2.21 bits per heavy atom. The van der Waals surface area contributed by atoms with Gasteiger partial charge in [0.05, 0.1) is 5.30 Å². The summed E-state index contributed by atoms with van der Waals surface area (Å²) >= 11 is 0. The van der Waals surface area contributed by atoms with Gasteiger partial charge < -0.3 is 10.00 Å². The summed E-state index contributed by atoms with van der Waals surface area (Å²) in [5, 5.41) is 11.1. The van der Waals surface area contributed by atoms with E-state index in [-0.39, 0.29) is 5.30 Å². The van der Waals surface area contributed by atoms with Gasteiger partial charge in [0.25, 0.3) is 0 Å². The SMILES string of the molecule is O=C(O)C(OP(=O)(O)c1ccc2ccccc2c1)c1ccccc1. The number of carboxylic acid groups (broad SMARTS) is 1. The standard InChI is InChI=1S/C18H15O5P/c19-18(20)17(14-7-2-1-3-8-14)23-24(21,22)16-11-10-13-6-4-5-9-15(13)12-16/h1-12,17H,(H,19,20)(H,21,22). The van der Waals surface area contributed by atoms with Gasteiger partial charge in [0, 0.05) is 0 Å². The lowest BCUT2D eigenvalue weighted by molar-refractivity contribution is -0.145. The molecule has 0 radical (unpaired) electrons. The fourth-order valence-electron chi connectivity index (χ4n) is 2.43. The highest BCUT2D eigenvalue weighted by atomic mass is 31.2. The van der Waals surface area contributed by atoms with Crippen molar-refractivity contribution in [3.05, 3.63) is 78.4 Å². The molecule has 0 spiro atoms. The number of rotatable bonds is 5. The second kappa shape index (κ2) is 6.57. The zero-order valence-electron chi connectivity index (χ0n) is 12.6. The number of hydrogen-bond donors (Lipinski definition) is 2. The minimum Gasteiger partial charge on any atom is -0.479 e. The van der Waals surface area contributed by atoms with Crippen molar-refractivity contribution in [2.45, 2.75) is 6.10 Å². The second-order valence-corrected chi connectivity index (χ2v) is 7.05. The van der Waals surface area contributed by atoms with E-state index in [1.54, 1.807) is 42.5 Å². The van der Waals surface area contributed by atoms with Gasteiger partial charge in [0.1, 0.15) is 0 Å². The summed E-state index contributed by atoms with van der Waals surface area (Å²) in [4.78, 5) is 21.8. The van der Waals surface area contributed by atoms with Crippen LogP contribution in [0.4, 0.5) is 0 Å². The van der Waals surface area contributed by atoms with Crippen molar-refractivity contribution in [1.82, 2.24) is 0 Å². The predicted octanol–water partition coefficient (Wildman–Crippen LogP) is 3.49. The molecular weight excluding hydrogens is 327 g/mol. The second-order valence-electron chi connectivity index (χ2n) is 5.29. The Bertz CT molecular complexity index is 923. The monoisotopic (exact) mass is 342 g/mol. The third kappa shape index (κ3) is 3.39. The van der Waals surface area contributed by atoms with E-state index in [1.807, 2.05) is 24.3 Å². The van der Waals surface area contributed by atoms with Crippen LogP contribution in [0, 0.1) is 0 Å². The molecule has 24 heavy (non-hydrogen) atoms. The number of aliphatic carboxylic acids is 1. The fourth-order valence-corrected chi connectivity index (χ4v) is 3.62. The lowest BCUT2D eigenvalue weighted by Gasteiger charge is -2.19. The molecule has 3 aromatic rings. The lowest BCUT2D eigenvalue weighted by Crippen LogP contribution is -2.17. The van der Waals surface area contributed by atoms with E-state index >= 15 is 0 Å². The number of benzene rings is 3. The minimum atomic E-state index is -4.31. The summed E-state index contributed by atoms with van der Waals surface area (Å²) < 4.78 is 17.7. The first-order valence-corrected chi connectivity index (χ1v) is 8.83. The fraction of sp³-hybridized carbons (Fsp3) is 0.0556. The highest BCUT2D eigenvalue weighted by Gasteiger charge is 2.32. The maximum Gasteiger partial charge on any atom is 0.359 e. The molecule has 0 fully saturated rings. The van der Waals surface area contributed by atoms with Gasteiger partial charge in [0.2, 0.25) is 0 Å². The maximum atomic E-state index is 12.6. The first kappa shape index (κ1) is 16.4. The summed E-state index contributed by atoms with van der Waals surface area (Å²) in [6.07, 6.45) is -1.52. The summed E-state index contributed by atoms with van der Waals surface area (Å²) in [7, 11) is -4.31. The van der Waals surface area contributed by atoms with E-state index in [0.717, 1.165) is 10.8 Å².